The molecule has 6 nitrogen and oxygen atoms in total. The summed E-state index contributed by atoms with van der Waals surface area (Å²) in [5, 5.41) is 7.27. The lowest BCUT2D eigenvalue weighted by molar-refractivity contribution is -0.127. The van der Waals surface area contributed by atoms with E-state index in [1.165, 1.54) is 0 Å². The van der Waals surface area contributed by atoms with Crippen LogP contribution in [0, 0.1) is 18.8 Å². The van der Waals surface area contributed by atoms with Crippen LogP contribution in [0.25, 0.3) is 10.9 Å². The summed E-state index contributed by atoms with van der Waals surface area (Å²) in [4.78, 5) is 25.8. The monoisotopic (exact) mass is 429 g/mol. The van der Waals surface area contributed by atoms with E-state index in [0.29, 0.717) is 18.0 Å². The first-order chi connectivity index (χ1) is 14.4. The van der Waals surface area contributed by atoms with E-state index < -0.39 is 0 Å². The van der Waals surface area contributed by atoms with Crippen LogP contribution in [0.2, 0.25) is 0 Å². The molecule has 3 heterocycles. The number of fused-ring (bicyclic) bond motifs is 1. The van der Waals surface area contributed by atoms with Gasteiger partial charge in [-0.05, 0) is 39.5 Å². The van der Waals surface area contributed by atoms with Crippen molar-refractivity contribution in [1.29, 1.82) is 0 Å². The largest absolute Gasteiger partial charge is 0.381 e. The molecule has 162 valence electrons. The second-order valence-corrected chi connectivity index (χ2v) is 9.70. The van der Waals surface area contributed by atoms with Crippen LogP contribution in [0.3, 0.4) is 0 Å². The number of thioether (sulfide) groups is 1. The second kappa shape index (κ2) is 8.63. The van der Waals surface area contributed by atoms with Gasteiger partial charge in [-0.15, -0.1) is 0 Å². The number of hydrogen-bond donors (Lipinski definition) is 2. The van der Waals surface area contributed by atoms with E-state index in [1.807, 2.05) is 38.3 Å². The molecule has 4 rings (SSSR count). The normalized spacial score (nSPS) is 25.6. The van der Waals surface area contributed by atoms with Crippen molar-refractivity contribution in [2.24, 2.45) is 11.8 Å². The minimum Gasteiger partial charge on any atom is -0.381 e. The number of amides is 2. The van der Waals surface area contributed by atoms with Crippen LogP contribution in [0.15, 0.2) is 24.3 Å². The lowest BCUT2D eigenvalue weighted by atomic mass is 9.93. The average molecular weight is 430 g/mol. The first kappa shape index (κ1) is 21.2. The molecular formula is C23H31N3O3S. The van der Waals surface area contributed by atoms with Crippen LogP contribution in [-0.2, 0) is 9.53 Å². The maximum atomic E-state index is 13.3. The molecule has 2 amide bonds. The van der Waals surface area contributed by atoms with E-state index in [1.54, 1.807) is 11.8 Å². The number of carbonyl (C=O) groups excluding carboxylic acids is 2. The molecule has 0 saturated carbocycles. The Labute approximate surface area is 182 Å². The molecule has 2 aromatic rings. The molecule has 0 aliphatic carbocycles. The van der Waals surface area contributed by atoms with E-state index in [9.17, 15) is 9.59 Å². The van der Waals surface area contributed by atoms with Gasteiger partial charge < -0.3 is 19.9 Å². The number of rotatable bonds is 6. The van der Waals surface area contributed by atoms with Gasteiger partial charge in [-0.25, -0.2) is 0 Å². The van der Waals surface area contributed by atoms with Crippen LogP contribution >= 0.6 is 11.8 Å². The molecule has 2 N–H and O–H groups in total. The zero-order valence-corrected chi connectivity index (χ0v) is 18.9. The molecule has 2 aliphatic rings. The van der Waals surface area contributed by atoms with Gasteiger partial charge >= 0.3 is 0 Å². The Balaban J connectivity index is 1.59. The molecule has 4 atom stereocenters. The van der Waals surface area contributed by atoms with Crippen molar-refractivity contribution in [3.8, 4) is 0 Å². The van der Waals surface area contributed by atoms with Crippen molar-refractivity contribution in [1.82, 2.24) is 15.2 Å². The van der Waals surface area contributed by atoms with Crippen molar-refractivity contribution < 1.29 is 14.3 Å². The molecule has 1 aromatic carbocycles. The number of hydrogen-bond acceptors (Lipinski definition) is 4. The van der Waals surface area contributed by atoms with E-state index in [4.69, 9.17) is 4.74 Å². The van der Waals surface area contributed by atoms with Gasteiger partial charge in [-0.2, -0.15) is 11.8 Å². The molecule has 2 saturated heterocycles. The molecular weight excluding hydrogens is 398 g/mol. The van der Waals surface area contributed by atoms with Gasteiger partial charge in [0, 0.05) is 46.4 Å². The zero-order valence-electron chi connectivity index (χ0n) is 18.1. The minimum atomic E-state index is -0.208. The van der Waals surface area contributed by atoms with Crippen LogP contribution in [0.1, 0.15) is 42.4 Å². The van der Waals surface area contributed by atoms with Gasteiger partial charge in [-0.3, -0.25) is 9.59 Å². The molecule has 2 fully saturated rings. The molecule has 2 aliphatic heterocycles. The third kappa shape index (κ3) is 3.73. The highest BCUT2D eigenvalue weighted by molar-refractivity contribution is 7.99. The molecule has 30 heavy (non-hydrogen) atoms. The lowest BCUT2D eigenvalue weighted by Crippen LogP contribution is -2.52. The Morgan fingerprint density at radius 2 is 2.10 bits per heavy atom. The third-order valence-corrected chi connectivity index (χ3v) is 7.81. The van der Waals surface area contributed by atoms with Crippen LogP contribution in [0.4, 0.5) is 0 Å². The summed E-state index contributed by atoms with van der Waals surface area (Å²) < 4.78 is 7.67. The number of piperidine rings is 1. The van der Waals surface area contributed by atoms with Gasteiger partial charge in [-0.1, -0.05) is 18.2 Å². The fraction of sp³-hybridized carbons (Fsp3) is 0.565. The molecule has 7 heteroatoms. The quantitative estimate of drug-likeness (QED) is 0.740. The number of nitrogens with one attached hydrogen (secondary N) is 2. The van der Waals surface area contributed by atoms with Crippen LogP contribution in [-0.4, -0.2) is 53.7 Å². The molecule has 0 radical (unpaired) electrons. The Morgan fingerprint density at radius 3 is 2.77 bits per heavy atom. The summed E-state index contributed by atoms with van der Waals surface area (Å²) >= 11 is 1.71. The number of benzene rings is 1. The SMILES string of the molecule is CSC1CC(C)NC(=O)C1CNC(=O)c1c(C)n([C@@H](C)C2COC2)c2ccccc12. The first-order valence-electron chi connectivity index (χ1n) is 10.7. The summed E-state index contributed by atoms with van der Waals surface area (Å²) in [7, 11) is 0. The Hall–Kier alpha value is -1.99. The minimum absolute atomic E-state index is 0.0335. The second-order valence-electron chi connectivity index (χ2n) is 8.62. The summed E-state index contributed by atoms with van der Waals surface area (Å²) in [6.45, 7) is 8.13. The van der Waals surface area contributed by atoms with E-state index in [0.717, 1.165) is 36.2 Å². The van der Waals surface area contributed by atoms with Gasteiger partial charge in [0.25, 0.3) is 5.91 Å². The van der Waals surface area contributed by atoms with Crippen LogP contribution < -0.4 is 10.6 Å². The number of aromatic nitrogens is 1. The maximum absolute atomic E-state index is 13.3. The summed E-state index contributed by atoms with van der Waals surface area (Å²) in [5.74, 6) is 0.183. The Bertz CT molecular complexity index is 953. The average Bonchev–Trinajstić information content (AvgIpc) is 2.96. The molecule has 3 unspecified atom stereocenters. The summed E-state index contributed by atoms with van der Waals surface area (Å²) in [6.07, 6.45) is 2.96. The van der Waals surface area contributed by atoms with Crippen molar-refractivity contribution in [3.05, 3.63) is 35.5 Å². The summed E-state index contributed by atoms with van der Waals surface area (Å²) in [6, 6.07) is 8.52. The van der Waals surface area contributed by atoms with E-state index in [2.05, 4.69) is 28.2 Å². The number of nitrogens with zero attached hydrogens (tertiary/aromatic N) is 1. The van der Waals surface area contributed by atoms with Gasteiger partial charge in [0.2, 0.25) is 5.91 Å². The van der Waals surface area contributed by atoms with E-state index >= 15 is 0 Å². The topological polar surface area (TPSA) is 72.4 Å². The molecule has 0 spiro atoms. The first-order valence-corrected chi connectivity index (χ1v) is 12.0. The lowest BCUT2D eigenvalue weighted by Gasteiger charge is -2.34. The number of para-hydroxylation sites is 1. The Kier molecular flexibility index (Phi) is 6.11. The van der Waals surface area contributed by atoms with Crippen molar-refractivity contribution in [2.45, 2.75) is 44.5 Å². The highest BCUT2D eigenvalue weighted by Gasteiger charge is 2.35. The molecule has 0 bridgehead atoms. The summed E-state index contributed by atoms with van der Waals surface area (Å²) in [5.41, 5.74) is 2.75. The zero-order chi connectivity index (χ0) is 21.4. The number of ether oxygens (including phenoxy) is 1. The highest BCUT2D eigenvalue weighted by Crippen LogP contribution is 2.34. The predicted octanol–water partition coefficient (Wildman–Crippen LogP) is 3.14. The van der Waals surface area contributed by atoms with Crippen molar-refractivity contribution in [2.75, 3.05) is 26.0 Å². The third-order valence-electron chi connectivity index (χ3n) is 6.68. The van der Waals surface area contributed by atoms with Gasteiger partial charge in [0.15, 0.2) is 0 Å². The smallest absolute Gasteiger partial charge is 0.253 e. The van der Waals surface area contributed by atoms with Gasteiger partial charge in [0.05, 0.1) is 24.7 Å². The molecule has 1 aromatic heterocycles. The van der Waals surface area contributed by atoms with Gasteiger partial charge in [0.1, 0.15) is 0 Å². The van der Waals surface area contributed by atoms with Crippen molar-refractivity contribution >= 4 is 34.5 Å². The highest BCUT2D eigenvalue weighted by atomic mass is 32.2. The van der Waals surface area contributed by atoms with Crippen LogP contribution in [0.5, 0.6) is 0 Å². The maximum Gasteiger partial charge on any atom is 0.253 e. The van der Waals surface area contributed by atoms with Crippen molar-refractivity contribution in [3.63, 3.8) is 0 Å². The standard InChI is InChI=1S/C23H31N3O3S/c1-13-9-20(30-4)18(22(27)25-13)10-24-23(28)21-15(3)26(14(2)16-11-29-12-16)19-8-6-5-7-17(19)21/h5-8,13-14,16,18,20H,9-12H2,1-4H3,(H,24,28)(H,25,27)/t13?,14-,18?,20?/m0/s1. The Morgan fingerprint density at radius 1 is 1.37 bits per heavy atom. The fourth-order valence-electron chi connectivity index (χ4n) is 4.81. The van der Waals surface area contributed by atoms with E-state index in [-0.39, 0.29) is 35.1 Å². The number of carbonyl (C=O) groups is 2. The fourth-order valence-corrected chi connectivity index (χ4v) is 5.84. The predicted molar refractivity (Wildman–Crippen MR) is 121 cm³/mol.